The molecule has 3 aromatic rings. The van der Waals surface area contributed by atoms with Crippen molar-refractivity contribution in [3.63, 3.8) is 0 Å². The molecule has 1 aromatic heterocycles. The van der Waals surface area contributed by atoms with Crippen molar-refractivity contribution in [3.05, 3.63) is 57.5 Å². The van der Waals surface area contributed by atoms with Crippen LogP contribution in [0.5, 0.6) is 0 Å². The molecular weight excluding hydrogens is 472 g/mol. The van der Waals surface area contributed by atoms with Crippen LogP contribution in [0, 0.1) is 5.41 Å². The molecule has 5 rings (SSSR count). The second kappa shape index (κ2) is 8.73. The SMILES string of the molecule is CC1Cc2nc(C(=O)N3CCN(S(=O)(=O)c4ccc5cc(C(=N)N)ccc5c4)CC3)sc2CN1. The van der Waals surface area contributed by atoms with Gasteiger partial charge in [0, 0.05) is 55.6 Å². The van der Waals surface area contributed by atoms with Crippen molar-refractivity contribution in [2.45, 2.75) is 30.8 Å². The van der Waals surface area contributed by atoms with Gasteiger partial charge in [0.25, 0.3) is 5.91 Å². The monoisotopic (exact) mass is 498 g/mol. The lowest BCUT2D eigenvalue weighted by Crippen LogP contribution is -2.50. The van der Waals surface area contributed by atoms with Crippen molar-refractivity contribution in [3.8, 4) is 0 Å². The van der Waals surface area contributed by atoms with Crippen molar-refractivity contribution >= 4 is 43.9 Å². The first-order valence-electron chi connectivity index (χ1n) is 11.1. The minimum absolute atomic E-state index is 0.0323. The first-order chi connectivity index (χ1) is 16.2. The maximum atomic E-state index is 13.3. The zero-order valence-corrected chi connectivity index (χ0v) is 20.4. The summed E-state index contributed by atoms with van der Waals surface area (Å²) in [6, 6.07) is 10.5. The lowest BCUT2D eigenvalue weighted by atomic mass is 10.1. The molecule has 3 heterocycles. The zero-order valence-electron chi connectivity index (χ0n) is 18.7. The van der Waals surface area contributed by atoms with Crippen LogP contribution in [-0.4, -0.2) is 66.6 Å². The number of hydrogen-bond acceptors (Lipinski definition) is 7. The highest BCUT2D eigenvalue weighted by Gasteiger charge is 2.32. The van der Waals surface area contributed by atoms with E-state index in [0.717, 1.165) is 34.3 Å². The Kier molecular flexibility index (Phi) is 5.88. The zero-order chi connectivity index (χ0) is 24.0. The Morgan fingerprint density at radius 3 is 2.59 bits per heavy atom. The molecular formula is C23H26N6O3S2. The molecule has 178 valence electrons. The van der Waals surface area contributed by atoms with Crippen LogP contribution in [-0.2, 0) is 23.0 Å². The molecule has 2 aliphatic rings. The number of hydrogen-bond donors (Lipinski definition) is 3. The first-order valence-corrected chi connectivity index (χ1v) is 13.4. The molecule has 0 saturated carbocycles. The van der Waals surface area contributed by atoms with E-state index in [4.69, 9.17) is 11.1 Å². The highest BCUT2D eigenvalue weighted by molar-refractivity contribution is 7.89. The summed E-state index contributed by atoms with van der Waals surface area (Å²) in [5, 5.41) is 13.0. The van der Waals surface area contributed by atoms with E-state index >= 15 is 0 Å². The molecule has 34 heavy (non-hydrogen) atoms. The van der Waals surface area contributed by atoms with Gasteiger partial charge in [-0.1, -0.05) is 18.2 Å². The third-order valence-corrected chi connectivity index (χ3v) is 9.34. The molecule has 11 heteroatoms. The van der Waals surface area contributed by atoms with E-state index in [2.05, 4.69) is 17.2 Å². The molecule has 1 atom stereocenters. The number of rotatable bonds is 4. The van der Waals surface area contributed by atoms with Gasteiger partial charge < -0.3 is 16.0 Å². The van der Waals surface area contributed by atoms with E-state index in [1.54, 1.807) is 41.3 Å². The number of benzene rings is 2. The summed E-state index contributed by atoms with van der Waals surface area (Å²) in [5.41, 5.74) is 7.14. The first kappa shape index (κ1) is 22.9. The van der Waals surface area contributed by atoms with Gasteiger partial charge in [0.2, 0.25) is 10.0 Å². The molecule has 0 spiro atoms. The van der Waals surface area contributed by atoms with E-state index < -0.39 is 10.0 Å². The number of carbonyl (C=O) groups is 1. The Hall–Kier alpha value is -2.86. The van der Waals surface area contributed by atoms with Crippen molar-refractivity contribution in [2.24, 2.45) is 5.73 Å². The number of nitrogen functional groups attached to an aromatic ring is 1. The van der Waals surface area contributed by atoms with Crippen molar-refractivity contribution < 1.29 is 13.2 Å². The van der Waals surface area contributed by atoms with E-state index in [0.29, 0.717) is 29.7 Å². The second-order valence-corrected chi connectivity index (χ2v) is 11.7. The van der Waals surface area contributed by atoms with Gasteiger partial charge in [0.15, 0.2) is 5.01 Å². The molecule has 2 aromatic carbocycles. The van der Waals surface area contributed by atoms with Crippen LogP contribution in [0.3, 0.4) is 0 Å². The van der Waals surface area contributed by atoms with Gasteiger partial charge in [0.05, 0.1) is 10.6 Å². The number of aromatic nitrogens is 1. The van der Waals surface area contributed by atoms with Crippen LogP contribution in [0.15, 0.2) is 41.3 Å². The highest BCUT2D eigenvalue weighted by Crippen LogP contribution is 2.26. The van der Waals surface area contributed by atoms with Crippen LogP contribution in [0.25, 0.3) is 10.8 Å². The number of nitrogens with one attached hydrogen (secondary N) is 2. The van der Waals surface area contributed by atoms with Crippen LogP contribution in [0.1, 0.15) is 32.9 Å². The number of nitrogens with zero attached hydrogens (tertiary/aromatic N) is 3. The molecule has 0 bridgehead atoms. The summed E-state index contributed by atoms with van der Waals surface area (Å²) in [5.74, 6) is -0.161. The molecule has 4 N–H and O–H groups in total. The van der Waals surface area contributed by atoms with E-state index in [1.165, 1.54) is 15.6 Å². The van der Waals surface area contributed by atoms with Gasteiger partial charge in [-0.2, -0.15) is 4.31 Å². The fraction of sp³-hybridized carbons (Fsp3) is 0.348. The minimum Gasteiger partial charge on any atom is -0.384 e. The Morgan fingerprint density at radius 2 is 1.85 bits per heavy atom. The lowest BCUT2D eigenvalue weighted by Gasteiger charge is -2.33. The Balaban J connectivity index is 1.29. The lowest BCUT2D eigenvalue weighted by molar-refractivity contribution is 0.0697. The molecule has 1 fully saturated rings. The normalized spacial score (nSPS) is 19.2. The number of carbonyl (C=O) groups excluding carboxylic acids is 1. The average molecular weight is 499 g/mol. The van der Waals surface area contributed by atoms with Gasteiger partial charge in [-0.3, -0.25) is 10.2 Å². The number of thiazole rings is 1. The summed E-state index contributed by atoms with van der Waals surface area (Å²) in [7, 11) is -3.69. The third-order valence-electron chi connectivity index (χ3n) is 6.36. The van der Waals surface area contributed by atoms with Gasteiger partial charge >= 0.3 is 0 Å². The van der Waals surface area contributed by atoms with Crippen LogP contribution in [0.2, 0.25) is 0 Å². The maximum Gasteiger partial charge on any atom is 0.282 e. The van der Waals surface area contributed by atoms with Gasteiger partial charge in [-0.15, -0.1) is 11.3 Å². The summed E-state index contributed by atoms with van der Waals surface area (Å²) in [4.78, 5) is 20.6. The smallest absolute Gasteiger partial charge is 0.282 e. The molecule has 9 nitrogen and oxygen atoms in total. The Labute approximate surface area is 202 Å². The second-order valence-electron chi connectivity index (χ2n) is 8.71. The van der Waals surface area contributed by atoms with Crippen molar-refractivity contribution in [1.29, 1.82) is 5.41 Å². The van der Waals surface area contributed by atoms with Crippen LogP contribution in [0.4, 0.5) is 0 Å². The summed E-state index contributed by atoms with van der Waals surface area (Å²) >= 11 is 1.43. The molecule has 1 amide bonds. The largest absolute Gasteiger partial charge is 0.384 e. The standard InChI is InChI=1S/C23H26N6O3S2/c1-14-10-19-20(13-26-14)33-22(27-19)23(30)28-6-8-29(9-7-28)34(31,32)18-5-4-15-11-17(21(24)25)3-2-16(15)12-18/h2-5,11-12,14,26H,6-10,13H2,1H3,(H3,24,25). The van der Waals surface area contributed by atoms with Gasteiger partial charge in [-0.25, -0.2) is 13.4 Å². The van der Waals surface area contributed by atoms with Crippen molar-refractivity contribution in [2.75, 3.05) is 26.2 Å². The molecule has 1 saturated heterocycles. The number of sulfonamides is 1. The number of amidine groups is 1. The number of nitrogens with two attached hydrogens (primary N) is 1. The van der Waals surface area contributed by atoms with E-state index in [1.807, 2.05) is 0 Å². The summed E-state index contributed by atoms with van der Waals surface area (Å²) < 4.78 is 28.0. The maximum absolute atomic E-state index is 13.3. The van der Waals surface area contributed by atoms with E-state index in [-0.39, 0.29) is 29.7 Å². The average Bonchev–Trinajstić information content (AvgIpc) is 3.26. The Bertz CT molecular complexity index is 1390. The number of fused-ring (bicyclic) bond motifs is 2. The fourth-order valence-electron chi connectivity index (χ4n) is 4.37. The summed E-state index contributed by atoms with van der Waals surface area (Å²) in [6.45, 7) is 3.95. The van der Waals surface area contributed by atoms with Gasteiger partial charge in [-0.05, 0) is 35.9 Å². The molecule has 2 aliphatic heterocycles. The predicted molar refractivity (Wildman–Crippen MR) is 132 cm³/mol. The number of amides is 1. The highest BCUT2D eigenvalue weighted by atomic mass is 32.2. The molecule has 0 radical (unpaired) electrons. The predicted octanol–water partition coefficient (Wildman–Crippen LogP) is 1.76. The minimum atomic E-state index is -3.69. The number of piperazine rings is 1. The third kappa shape index (κ3) is 4.20. The molecule has 1 unspecified atom stereocenters. The summed E-state index contributed by atoms with van der Waals surface area (Å²) in [6.07, 6.45) is 0.812. The quantitative estimate of drug-likeness (QED) is 0.371. The van der Waals surface area contributed by atoms with E-state index in [9.17, 15) is 13.2 Å². The van der Waals surface area contributed by atoms with Crippen LogP contribution < -0.4 is 11.1 Å². The molecule has 0 aliphatic carbocycles. The topological polar surface area (TPSA) is 132 Å². The fourth-order valence-corrected chi connectivity index (χ4v) is 6.84. The Morgan fingerprint density at radius 1 is 1.15 bits per heavy atom. The van der Waals surface area contributed by atoms with Crippen molar-refractivity contribution in [1.82, 2.24) is 19.5 Å². The van der Waals surface area contributed by atoms with Gasteiger partial charge in [0.1, 0.15) is 5.84 Å². The van der Waals surface area contributed by atoms with Crippen LogP contribution >= 0.6 is 11.3 Å².